The fraction of sp³-hybridized carbons (Fsp3) is 0.409. The highest BCUT2D eigenvalue weighted by Crippen LogP contribution is 2.39. The van der Waals surface area contributed by atoms with Gasteiger partial charge in [-0.2, -0.15) is 13.2 Å². The van der Waals surface area contributed by atoms with E-state index < -0.39 is 12.3 Å². The second kappa shape index (κ2) is 8.55. The van der Waals surface area contributed by atoms with Crippen molar-refractivity contribution >= 4 is 34.2 Å². The van der Waals surface area contributed by atoms with E-state index >= 15 is 0 Å². The topological polar surface area (TPSA) is 83.0 Å². The molecule has 1 aliphatic rings. The quantitative estimate of drug-likeness (QED) is 0.456. The van der Waals surface area contributed by atoms with Crippen LogP contribution in [-0.2, 0) is 0 Å². The number of thiazole rings is 1. The number of nitrogens with one attached hydrogen (secondary N) is 1. The van der Waals surface area contributed by atoms with Crippen LogP contribution in [-0.4, -0.2) is 27.0 Å². The highest BCUT2D eigenvalue weighted by Gasteiger charge is 2.40. The highest BCUT2D eigenvalue weighted by molar-refractivity contribution is 7.13. The average Bonchev–Trinajstić information content (AvgIpc) is 3.46. The zero-order chi connectivity index (χ0) is 22.2. The van der Waals surface area contributed by atoms with Gasteiger partial charge in [0.2, 0.25) is 5.89 Å². The Balaban J connectivity index is 1.64. The van der Waals surface area contributed by atoms with Crippen LogP contribution in [0.25, 0.3) is 27.7 Å². The standard InChI is InChI=1S/C22H22F3N3O2S/c1-2-12-6-7-13(18(12)26)4-3-5-17-28-16-11-14(20(29)22(23,24)25)10-15(19(16)30-17)21-27-8-9-31-21/h3,5,8-13,20,26,29H,2,4,6-7H2,1H3/b5-3+,26-18?. The fourth-order valence-electron chi connectivity index (χ4n) is 4.05. The first kappa shape index (κ1) is 21.7. The molecule has 0 amide bonds. The summed E-state index contributed by atoms with van der Waals surface area (Å²) in [6.45, 7) is 2.10. The SMILES string of the molecule is CCC1CCC(C/C=C/c2nc3cc(C(O)C(F)(F)F)cc(-c4nccs4)c3o2)C1=N. The molecule has 5 nitrogen and oxygen atoms in total. The van der Waals surface area contributed by atoms with Crippen LogP contribution < -0.4 is 0 Å². The lowest BCUT2D eigenvalue weighted by Gasteiger charge is -2.15. The van der Waals surface area contributed by atoms with Gasteiger partial charge in [-0.05, 0) is 55.4 Å². The Bertz CT molecular complexity index is 1110. The molecule has 3 aromatic rings. The van der Waals surface area contributed by atoms with Gasteiger partial charge in [0, 0.05) is 23.2 Å². The maximum atomic E-state index is 13.1. The Morgan fingerprint density at radius 1 is 1.32 bits per heavy atom. The molecule has 0 radical (unpaired) electrons. The fourth-order valence-corrected chi connectivity index (χ4v) is 4.70. The van der Waals surface area contributed by atoms with E-state index in [-0.39, 0.29) is 22.9 Å². The van der Waals surface area contributed by atoms with Crippen molar-refractivity contribution in [1.82, 2.24) is 9.97 Å². The summed E-state index contributed by atoms with van der Waals surface area (Å²) in [5, 5.41) is 20.2. The monoisotopic (exact) mass is 449 g/mol. The normalized spacial score (nSPS) is 20.9. The summed E-state index contributed by atoms with van der Waals surface area (Å²) in [6.07, 6.45) is 1.44. The van der Waals surface area contributed by atoms with Crippen LogP contribution in [0, 0.1) is 17.2 Å². The molecule has 9 heteroatoms. The Morgan fingerprint density at radius 3 is 2.74 bits per heavy atom. The molecule has 2 aromatic heterocycles. The Kier molecular flexibility index (Phi) is 5.98. The third-order valence-electron chi connectivity index (χ3n) is 5.73. The van der Waals surface area contributed by atoms with Gasteiger partial charge in [-0.1, -0.05) is 13.0 Å². The molecule has 4 rings (SSSR count). The van der Waals surface area contributed by atoms with Gasteiger partial charge >= 0.3 is 6.18 Å². The van der Waals surface area contributed by atoms with Crippen LogP contribution in [0.2, 0.25) is 0 Å². The van der Waals surface area contributed by atoms with Gasteiger partial charge in [-0.25, -0.2) is 9.97 Å². The first-order valence-corrected chi connectivity index (χ1v) is 11.0. The predicted molar refractivity (Wildman–Crippen MR) is 114 cm³/mol. The third-order valence-corrected chi connectivity index (χ3v) is 6.54. The van der Waals surface area contributed by atoms with Crippen molar-refractivity contribution in [2.75, 3.05) is 0 Å². The Labute approximate surface area is 181 Å². The van der Waals surface area contributed by atoms with Gasteiger partial charge < -0.3 is 14.9 Å². The number of aliphatic hydroxyl groups excluding tert-OH is 1. The molecule has 3 unspecified atom stereocenters. The predicted octanol–water partition coefficient (Wildman–Crippen LogP) is 6.41. The number of aliphatic hydroxyl groups is 1. The molecule has 0 aliphatic heterocycles. The maximum absolute atomic E-state index is 13.1. The molecule has 2 heterocycles. The molecule has 2 N–H and O–H groups in total. The summed E-state index contributed by atoms with van der Waals surface area (Å²) in [5.41, 5.74) is 1.40. The van der Waals surface area contributed by atoms with E-state index in [0.717, 1.165) is 25.0 Å². The average molecular weight is 449 g/mol. The lowest BCUT2D eigenvalue weighted by atomic mass is 9.97. The number of hydrogen-bond donors (Lipinski definition) is 2. The maximum Gasteiger partial charge on any atom is 0.418 e. The number of halogens is 3. The first-order valence-electron chi connectivity index (χ1n) is 10.1. The molecular formula is C22H22F3N3O2S. The van der Waals surface area contributed by atoms with E-state index in [0.29, 0.717) is 28.5 Å². The van der Waals surface area contributed by atoms with Crippen molar-refractivity contribution < 1.29 is 22.7 Å². The Hall–Kier alpha value is -2.52. The van der Waals surface area contributed by atoms with Crippen LogP contribution in [0.1, 0.15) is 50.2 Å². The van der Waals surface area contributed by atoms with Gasteiger partial charge in [0.1, 0.15) is 10.5 Å². The number of hydrogen-bond acceptors (Lipinski definition) is 6. The number of fused-ring (bicyclic) bond motifs is 1. The lowest BCUT2D eigenvalue weighted by Crippen LogP contribution is -2.20. The summed E-state index contributed by atoms with van der Waals surface area (Å²) in [4.78, 5) is 8.49. The molecule has 3 atom stereocenters. The lowest BCUT2D eigenvalue weighted by molar-refractivity contribution is -0.206. The molecule has 0 spiro atoms. The number of allylic oxidation sites excluding steroid dienone is 1. The summed E-state index contributed by atoms with van der Waals surface area (Å²) < 4.78 is 45.1. The van der Waals surface area contributed by atoms with Gasteiger partial charge in [0.15, 0.2) is 11.7 Å². The molecular weight excluding hydrogens is 427 g/mol. The van der Waals surface area contributed by atoms with Crippen molar-refractivity contribution in [3.63, 3.8) is 0 Å². The zero-order valence-corrected chi connectivity index (χ0v) is 17.6. The molecule has 1 aromatic carbocycles. The van der Waals surface area contributed by atoms with Crippen molar-refractivity contribution in [2.45, 2.75) is 44.9 Å². The van der Waals surface area contributed by atoms with Crippen molar-refractivity contribution in [3.05, 3.63) is 41.2 Å². The van der Waals surface area contributed by atoms with E-state index in [1.807, 2.05) is 6.08 Å². The molecule has 1 fully saturated rings. The van der Waals surface area contributed by atoms with Crippen molar-refractivity contribution in [2.24, 2.45) is 11.8 Å². The third kappa shape index (κ3) is 4.43. The van der Waals surface area contributed by atoms with E-state index in [9.17, 15) is 18.3 Å². The molecule has 0 bridgehead atoms. The molecule has 164 valence electrons. The minimum Gasteiger partial charge on any atom is -0.436 e. The summed E-state index contributed by atoms with van der Waals surface area (Å²) in [5.74, 6) is 0.843. The summed E-state index contributed by atoms with van der Waals surface area (Å²) >= 11 is 1.26. The first-order chi connectivity index (χ1) is 14.8. The number of nitrogens with zero attached hydrogens (tertiary/aromatic N) is 2. The number of aromatic nitrogens is 2. The number of alkyl halides is 3. The van der Waals surface area contributed by atoms with Gasteiger partial charge in [-0.3, -0.25) is 0 Å². The van der Waals surface area contributed by atoms with Crippen LogP contribution in [0.4, 0.5) is 13.2 Å². The summed E-state index contributed by atoms with van der Waals surface area (Å²) in [6, 6.07) is 2.45. The minimum absolute atomic E-state index is 0.213. The molecule has 31 heavy (non-hydrogen) atoms. The van der Waals surface area contributed by atoms with E-state index in [4.69, 9.17) is 9.83 Å². The number of benzene rings is 1. The molecule has 1 saturated carbocycles. The smallest absolute Gasteiger partial charge is 0.418 e. The second-order valence-electron chi connectivity index (χ2n) is 7.72. The van der Waals surface area contributed by atoms with Crippen LogP contribution in [0.15, 0.2) is 34.2 Å². The van der Waals surface area contributed by atoms with Gasteiger partial charge in [0.05, 0.1) is 5.56 Å². The minimum atomic E-state index is -4.79. The van der Waals surface area contributed by atoms with E-state index in [1.54, 1.807) is 17.7 Å². The van der Waals surface area contributed by atoms with Crippen LogP contribution in [0.5, 0.6) is 0 Å². The molecule has 1 aliphatic carbocycles. The second-order valence-corrected chi connectivity index (χ2v) is 8.62. The van der Waals surface area contributed by atoms with E-state index in [2.05, 4.69) is 16.9 Å². The van der Waals surface area contributed by atoms with Crippen LogP contribution in [0.3, 0.4) is 0 Å². The Morgan fingerprint density at radius 2 is 2.10 bits per heavy atom. The number of rotatable bonds is 6. The van der Waals surface area contributed by atoms with Gasteiger partial charge in [-0.15, -0.1) is 11.3 Å². The highest BCUT2D eigenvalue weighted by atomic mass is 32.1. The van der Waals surface area contributed by atoms with Crippen molar-refractivity contribution in [3.8, 4) is 10.6 Å². The zero-order valence-electron chi connectivity index (χ0n) is 16.8. The summed E-state index contributed by atoms with van der Waals surface area (Å²) in [7, 11) is 0. The van der Waals surface area contributed by atoms with Gasteiger partial charge in [0.25, 0.3) is 0 Å². The number of oxazole rings is 1. The largest absolute Gasteiger partial charge is 0.436 e. The van der Waals surface area contributed by atoms with Crippen LogP contribution >= 0.6 is 11.3 Å². The van der Waals surface area contributed by atoms with E-state index in [1.165, 1.54) is 23.5 Å². The molecule has 0 saturated heterocycles. The van der Waals surface area contributed by atoms with Crippen molar-refractivity contribution in [1.29, 1.82) is 5.41 Å².